The smallest absolute Gasteiger partial charge is 0.0349 e. The van der Waals surface area contributed by atoms with Gasteiger partial charge in [0, 0.05) is 16.1 Å². The number of hydrogen-bond acceptors (Lipinski definition) is 2. The van der Waals surface area contributed by atoms with Gasteiger partial charge in [-0.2, -0.15) is 0 Å². The normalized spacial score (nSPS) is 11.9. The third-order valence-electron chi connectivity index (χ3n) is 3.23. The molecule has 0 aliphatic rings. The quantitative estimate of drug-likeness (QED) is 0.795. The minimum atomic E-state index is 0.710. The van der Waals surface area contributed by atoms with E-state index in [2.05, 4.69) is 57.3 Å². The van der Waals surface area contributed by atoms with Crippen LogP contribution in [0.5, 0.6) is 0 Å². The van der Waals surface area contributed by atoms with Gasteiger partial charge in [-0.05, 0) is 41.8 Å². The second kappa shape index (κ2) is 6.53. The Morgan fingerprint density at radius 1 is 1.05 bits per heavy atom. The Morgan fingerprint density at radius 3 is 2.47 bits per heavy atom. The van der Waals surface area contributed by atoms with E-state index in [4.69, 9.17) is 0 Å². The highest BCUT2D eigenvalue weighted by Crippen LogP contribution is 2.32. The van der Waals surface area contributed by atoms with Gasteiger partial charge in [-0.15, -0.1) is 11.3 Å². The first kappa shape index (κ1) is 14.5. The Hall–Kier alpha value is -0.860. The summed E-state index contributed by atoms with van der Waals surface area (Å²) in [6.07, 6.45) is 1.18. The number of fused-ring (bicyclic) bond motifs is 1. The van der Waals surface area contributed by atoms with Crippen molar-refractivity contribution < 1.29 is 0 Å². The summed E-state index contributed by atoms with van der Waals surface area (Å²) >= 11 is 1.96. The van der Waals surface area contributed by atoms with Crippen LogP contribution < -0.4 is 5.32 Å². The Morgan fingerprint density at radius 2 is 1.79 bits per heavy atom. The van der Waals surface area contributed by atoms with Crippen LogP contribution in [0.2, 0.25) is 0 Å². The van der Waals surface area contributed by atoms with Gasteiger partial charge in [0.15, 0.2) is 0 Å². The van der Waals surface area contributed by atoms with Crippen molar-refractivity contribution in [3.05, 3.63) is 34.7 Å². The molecule has 0 aliphatic carbocycles. The van der Waals surface area contributed by atoms with Crippen LogP contribution in [-0.4, -0.2) is 6.54 Å². The Bertz CT molecular complexity index is 525. The zero-order valence-electron chi connectivity index (χ0n) is 12.5. The molecule has 0 radical (unpaired) electrons. The number of thiophene rings is 1. The van der Waals surface area contributed by atoms with Crippen molar-refractivity contribution in [2.75, 3.05) is 6.54 Å². The maximum atomic E-state index is 3.59. The largest absolute Gasteiger partial charge is 0.312 e. The fraction of sp³-hybridized carbons (Fsp3) is 0.529. The molecule has 0 unspecified atom stereocenters. The zero-order chi connectivity index (χ0) is 13.8. The van der Waals surface area contributed by atoms with Crippen LogP contribution in [0.25, 0.3) is 10.1 Å². The summed E-state index contributed by atoms with van der Waals surface area (Å²) in [6, 6.07) is 8.82. The van der Waals surface area contributed by atoms with E-state index in [0.29, 0.717) is 11.8 Å². The van der Waals surface area contributed by atoms with Crippen molar-refractivity contribution in [2.45, 2.75) is 40.7 Å². The number of nitrogens with one attached hydrogen (secondary N) is 1. The monoisotopic (exact) mass is 275 g/mol. The molecular formula is C17H25NS. The van der Waals surface area contributed by atoms with E-state index in [1.165, 1.54) is 21.4 Å². The standard InChI is InChI=1S/C17H25NS/c1-12(2)9-15-14-7-5-6-8-16(14)19-17(15)11-18-10-13(3)4/h5-8,12-13,18H,9-11H2,1-4H3. The second-order valence-electron chi connectivity index (χ2n) is 6.12. The highest BCUT2D eigenvalue weighted by molar-refractivity contribution is 7.19. The number of hydrogen-bond donors (Lipinski definition) is 1. The third kappa shape index (κ3) is 3.80. The van der Waals surface area contributed by atoms with Gasteiger partial charge < -0.3 is 5.32 Å². The summed E-state index contributed by atoms with van der Waals surface area (Å²) in [5.41, 5.74) is 1.56. The molecule has 0 saturated carbocycles. The molecule has 0 fully saturated rings. The van der Waals surface area contributed by atoms with Gasteiger partial charge in [-0.25, -0.2) is 0 Å². The summed E-state index contributed by atoms with van der Waals surface area (Å²) in [7, 11) is 0. The van der Waals surface area contributed by atoms with Crippen molar-refractivity contribution >= 4 is 21.4 Å². The highest BCUT2D eigenvalue weighted by atomic mass is 32.1. The Labute approximate surface area is 121 Å². The van der Waals surface area contributed by atoms with Crippen molar-refractivity contribution in [2.24, 2.45) is 11.8 Å². The average molecular weight is 275 g/mol. The number of rotatable bonds is 6. The Kier molecular flexibility index (Phi) is 5.00. The van der Waals surface area contributed by atoms with Gasteiger partial charge in [0.05, 0.1) is 0 Å². The van der Waals surface area contributed by atoms with E-state index in [1.807, 2.05) is 11.3 Å². The lowest BCUT2D eigenvalue weighted by Crippen LogP contribution is -2.19. The molecule has 0 bridgehead atoms. The minimum Gasteiger partial charge on any atom is -0.312 e. The molecule has 1 N–H and O–H groups in total. The molecule has 1 aromatic carbocycles. The van der Waals surface area contributed by atoms with E-state index in [9.17, 15) is 0 Å². The predicted octanol–water partition coefficient (Wildman–Crippen LogP) is 4.85. The van der Waals surface area contributed by atoms with Crippen LogP contribution in [-0.2, 0) is 13.0 Å². The number of benzene rings is 1. The van der Waals surface area contributed by atoms with E-state index in [0.717, 1.165) is 13.1 Å². The fourth-order valence-corrected chi connectivity index (χ4v) is 3.60. The molecule has 0 amide bonds. The van der Waals surface area contributed by atoms with Crippen molar-refractivity contribution in [3.8, 4) is 0 Å². The van der Waals surface area contributed by atoms with Gasteiger partial charge in [0.1, 0.15) is 0 Å². The van der Waals surface area contributed by atoms with Crippen LogP contribution in [0.3, 0.4) is 0 Å². The minimum absolute atomic E-state index is 0.710. The van der Waals surface area contributed by atoms with E-state index in [1.54, 1.807) is 5.56 Å². The molecule has 104 valence electrons. The third-order valence-corrected chi connectivity index (χ3v) is 4.45. The van der Waals surface area contributed by atoms with Crippen LogP contribution in [0.4, 0.5) is 0 Å². The van der Waals surface area contributed by atoms with Crippen molar-refractivity contribution in [3.63, 3.8) is 0 Å². The molecule has 0 aliphatic heterocycles. The highest BCUT2D eigenvalue weighted by Gasteiger charge is 2.12. The molecule has 0 saturated heterocycles. The topological polar surface area (TPSA) is 12.0 Å². The van der Waals surface area contributed by atoms with Crippen LogP contribution >= 0.6 is 11.3 Å². The molecular weight excluding hydrogens is 250 g/mol. The van der Waals surface area contributed by atoms with Crippen molar-refractivity contribution in [1.82, 2.24) is 5.32 Å². The SMILES string of the molecule is CC(C)CNCc1sc2ccccc2c1CC(C)C. The predicted molar refractivity (Wildman–Crippen MR) is 86.9 cm³/mol. The molecule has 1 nitrogen and oxygen atoms in total. The molecule has 1 heterocycles. The maximum absolute atomic E-state index is 3.59. The first-order valence-corrected chi connectivity index (χ1v) is 8.09. The first-order valence-electron chi connectivity index (χ1n) is 7.28. The van der Waals surface area contributed by atoms with Crippen LogP contribution in [0, 0.1) is 11.8 Å². The molecule has 2 aromatic rings. The fourth-order valence-electron chi connectivity index (χ4n) is 2.40. The van der Waals surface area contributed by atoms with Crippen LogP contribution in [0.1, 0.15) is 38.1 Å². The maximum Gasteiger partial charge on any atom is 0.0349 e. The lowest BCUT2D eigenvalue weighted by atomic mass is 10.00. The van der Waals surface area contributed by atoms with E-state index < -0.39 is 0 Å². The van der Waals surface area contributed by atoms with Gasteiger partial charge in [-0.3, -0.25) is 0 Å². The molecule has 2 heteroatoms. The molecule has 19 heavy (non-hydrogen) atoms. The zero-order valence-corrected chi connectivity index (χ0v) is 13.3. The average Bonchev–Trinajstić information content (AvgIpc) is 2.67. The molecule has 0 spiro atoms. The second-order valence-corrected chi connectivity index (χ2v) is 7.26. The van der Waals surface area contributed by atoms with Gasteiger partial charge in [0.2, 0.25) is 0 Å². The van der Waals surface area contributed by atoms with Gasteiger partial charge >= 0.3 is 0 Å². The molecule has 0 atom stereocenters. The summed E-state index contributed by atoms with van der Waals surface area (Å²) in [4.78, 5) is 1.52. The van der Waals surface area contributed by atoms with Gasteiger partial charge in [0.25, 0.3) is 0 Å². The lowest BCUT2D eigenvalue weighted by molar-refractivity contribution is 0.552. The Balaban J connectivity index is 2.25. The van der Waals surface area contributed by atoms with Gasteiger partial charge in [-0.1, -0.05) is 45.9 Å². The molecule has 2 rings (SSSR count). The van der Waals surface area contributed by atoms with E-state index >= 15 is 0 Å². The van der Waals surface area contributed by atoms with Crippen molar-refractivity contribution in [1.29, 1.82) is 0 Å². The summed E-state index contributed by atoms with van der Waals surface area (Å²) in [5.74, 6) is 1.42. The summed E-state index contributed by atoms with van der Waals surface area (Å²) in [6.45, 7) is 11.2. The van der Waals surface area contributed by atoms with E-state index in [-0.39, 0.29) is 0 Å². The molecule has 1 aromatic heterocycles. The summed E-state index contributed by atoms with van der Waals surface area (Å²) < 4.78 is 1.43. The first-order chi connectivity index (χ1) is 9.08. The summed E-state index contributed by atoms with van der Waals surface area (Å²) in [5, 5.41) is 5.05. The van der Waals surface area contributed by atoms with Crippen LogP contribution in [0.15, 0.2) is 24.3 Å². The lowest BCUT2D eigenvalue weighted by Gasteiger charge is -2.10.